The van der Waals surface area contributed by atoms with Gasteiger partial charge in [-0.2, -0.15) is 0 Å². The van der Waals surface area contributed by atoms with E-state index < -0.39 is 0 Å². The van der Waals surface area contributed by atoms with Crippen LogP contribution in [0.5, 0.6) is 11.5 Å². The van der Waals surface area contributed by atoms with Gasteiger partial charge in [0.1, 0.15) is 11.5 Å². The molecule has 0 unspecified atom stereocenters. The van der Waals surface area contributed by atoms with Crippen LogP contribution in [0, 0.1) is 0 Å². The van der Waals surface area contributed by atoms with Gasteiger partial charge in [-0.1, -0.05) is 158 Å². The van der Waals surface area contributed by atoms with Crippen molar-refractivity contribution in [2.45, 2.75) is 0 Å². The molecule has 9 aromatic rings. The molecule has 0 atom stereocenters. The zero-order valence-electron chi connectivity index (χ0n) is 26.7. The van der Waals surface area contributed by atoms with Crippen molar-refractivity contribution >= 4 is 32.3 Å². The molecule has 0 N–H and O–H groups in total. The van der Waals surface area contributed by atoms with Gasteiger partial charge in [-0.3, -0.25) is 0 Å². The number of rotatable bonds is 4. The van der Waals surface area contributed by atoms with E-state index in [9.17, 15) is 0 Å². The minimum Gasteiger partial charge on any atom is -0.456 e. The van der Waals surface area contributed by atoms with Crippen molar-refractivity contribution in [3.8, 4) is 67.1 Å². The van der Waals surface area contributed by atoms with E-state index in [1.165, 1.54) is 77.0 Å². The summed E-state index contributed by atoms with van der Waals surface area (Å²) >= 11 is 0. The maximum absolute atomic E-state index is 6.50. The van der Waals surface area contributed by atoms with E-state index in [-0.39, 0.29) is 0 Å². The minimum atomic E-state index is 0.905. The van der Waals surface area contributed by atoms with Crippen molar-refractivity contribution in [2.75, 3.05) is 0 Å². The monoisotopic (exact) mass is 622 g/mol. The summed E-state index contributed by atoms with van der Waals surface area (Å²) in [6, 6.07) is 65.8. The lowest BCUT2D eigenvalue weighted by Crippen LogP contribution is -1.98. The molecular weight excluding hydrogens is 593 g/mol. The molecule has 0 aliphatic carbocycles. The predicted molar refractivity (Wildman–Crippen MR) is 206 cm³/mol. The van der Waals surface area contributed by atoms with Crippen LogP contribution < -0.4 is 4.74 Å². The lowest BCUT2D eigenvalue weighted by molar-refractivity contribution is 0.487. The highest BCUT2D eigenvalue weighted by Crippen LogP contribution is 2.52. The molecule has 0 radical (unpaired) electrons. The summed E-state index contributed by atoms with van der Waals surface area (Å²) in [5, 5.41) is 7.30. The minimum absolute atomic E-state index is 0.905. The molecule has 0 saturated carbocycles. The maximum atomic E-state index is 6.50. The Morgan fingerprint density at radius 1 is 0.265 bits per heavy atom. The zero-order valence-corrected chi connectivity index (χ0v) is 26.7. The quantitative estimate of drug-likeness (QED) is 0.177. The van der Waals surface area contributed by atoms with Crippen LogP contribution >= 0.6 is 0 Å². The summed E-state index contributed by atoms with van der Waals surface area (Å²) in [4.78, 5) is 0. The zero-order chi connectivity index (χ0) is 32.3. The van der Waals surface area contributed by atoms with Gasteiger partial charge in [0, 0.05) is 10.9 Å². The largest absolute Gasteiger partial charge is 0.456 e. The van der Waals surface area contributed by atoms with Crippen molar-refractivity contribution in [3.05, 3.63) is 182 Å². The summed E-state index contributed by atoms with van der Waals surface area (Å²) in [7, 11) is 0. The molecule has 0 spiro atoms. The Labute approximate surface area is 285 Å². The van der Waals surface area contributed by atoms with Crippen molar-refractivity contribution in [2.24, 2.45) is 0 Å². The van der Waals surface area contributed by atoms with Crippen LogP contribution in [0.25, 0.3) is 88.0 Å². The summed E-state index contributed by atoms with van der Waals surface area (Å²) in [6.07, 6.45) is 0. The van der Waals surface area contributed by atoms with Crippen molar-refractivity contribution < 1.29 is 4.74 Å². The second-order valence-electron chi connectivity index (χ2n) is 12.8. The molecule has 0 amide bonds. The predicted octanol–water partition coefficient (Wildman–Crippen LogP) is 13.6. The molecule has 49 heavy (non-hydrogen) atoms. The van der Waals surface area contributed by atoms with Crippen LogP contribution in [0.4, 0.5) is 0 Å². The van der Waals surface area contributed by atoms with Crippen LogP contribution in [-0.4, -0.2) is 0 Å². The summed E-state index contributed by atoms with van der Waals surface area (Å²) in [5.41, 5.74) is 12.1. The van der Waals surface area contributed by atoms with Gasteiger partial charge in [-0.15, -0.1) is 0 Å². The highest BCUT2D eigenvalue weighted by Gasteiger charge is 2.24. The summed E-state index contributed by atoms with van der Waals surface area (Å²) < 4.78 is 6.50. The molecular formula is C48H30O. The maximum Gasteiger partial charge on any atom is 0.135 e. The fourth-order valence-corrected chi connectivity index (χ4v) is 7.94. The molecule has 1 heteroatoms. The van der Waals surface area contributed by atoms with Gasteiger partial charge >= 0.3 is 0 Å². The topological polar surface area (TPSA) is 9.23 Å². The highest BCUT2D eigenvalue weighted by atomic mass is 16.5. The van der Waals surface area contributed by atoms with Gasteiger partial charge < -0.3 is 4.74 Å². The normalized spacial score (nSPS) is 11.8. The molecule has 228 valence electrons. The van der Waals surface area contributed by atoms with Crippen LogP contribution in [-0.2, 0) is 0 Å². The third-order valence-corrected chi connectivity index (χ3v) is 10.1. The average molecular weight is 623 g/mol. The first kappa shape index (κ1) is 27.7. The Kier molecular flexibility index (Phi) is 6.25. The molecule has 1 aliphatic heterocycles. The number of hydrogen-bond acceptors (Lipinski definition) is 1. The lowest BCUT2D eigenvalue weighted by atomic mass is 9.81. The molecule has 0 bridgehead atoms. The first-order valence-corrected chi connectivity index (χ1v) is 16.9. The summed E-state index contributed by atoms with van der Waals surface area (Å²) in [6.45, 7) is 0. The third-order valence-electron chi connectivity index (χ3n) is 10.1. The molecule has 9 aromatic carbocycles. The summed E-state index contributed by atoms with van der Waals surface area (Å²) in [5.74, 6) is 1.81. The van der Waals surface area contributed by atoms with Crippen molar-refractivity contribution in [3.63, 3.8) is 0 Å². The second kappa shape index (κ2) is 11.1. The number of benzene rings is 9. The second-order valence-corrected chi connectivity index (χ2v) is 12.8. The fourth-order valence-electron chi connectivity index (χ4n) is 7.94. The molecule has 1 aliphatic rings. The number of fused-ring (bicyclic) bond motifs is 4. The van der Waals surface area contributed by atoms with E-state index >= 15 is 0 Å². The molecule has 0 aromatic heterocycles. The third kappa shape index (κ3) is 4.33. The molecule has 10 rings (SSSR count). The number of ether oxygens (including phenoxy) is 1. The van der Waals surface area contributed by atoms with Crippen molar-refractivity contribution in [1.29, 1.82) is 0 Å². The highest BCUT2D eigenvalue weighted by molar-refractivity contribution is 6.25. The Morgan fingerprint density at radius 2 is 0.796 bits per heavy atom. The number of para-hydroxylation sites is 1. The van der Waals surface area contributed by atoms with E-state index in [1.807, 2.05) is 6.07 Å². The van der Waals surface area contributed by atoms with E-state index in [0.717, 1.165) is 22.4 Å². The Morgan fingerprint density at radius 3 is 1.49 bits per heavy atom. The van der Waals surface area contributed by atoms with Gasteiger partial charge in [0.25, 0.3) is 0 Å². The number of hydrogen-bond donors (Lipinski definition) is 0. The average Bonchev–Trinajstić information content (AvgIpc) is 3.18. The van der Waals surface area contributed by atoms with Gasteiger partial charge in [0.15, 0.2) is 0 Å². The van der Waals surface area contributed by atoms with Gasteiger partial charge in [-0.25, -0.2) is 0 Å². The SMILES string of the molecule is c1ccc(-c2ccc(-c3ccccc3)c(-c3c4ccccc4c(-c4ccc5c6c(cccc46)-c4ccccc4O5)c4ccccc34)c2)cc1. The first-order valence-electron chi connectivity index (χ1n) is 16.9. The molecule has 1 heterocycles. The first-order chi connectivity index (χ1) is 24.3. The molecule has 0 fully saturated rings. The Hall–Kier alpha value is -6.44. The fraction of sp³-hybridized carbons (Fsp3) is 0. The van der Waals surface area contributed by atoms with Gasteiger partial charge in [0.05, 0.1) is 0 Å². The molecule has 0 saturated heterocycles. The Balaban J connectivity index is 1.31. The lowest BCUT2D eigenvalue weighted by Gasteiger charge is -2.24. The van der Waals surface area contributed by atoms with Gasteiger partial charge in [0.2, 0.25) is 0 Å². The standard InChI is InChI=1S/C48H30O/c1-3-14-31(15-4-1)33-26-27-34(32-16-5-2-6-17-32)43(30-33)47-39-21-9-7-19-37(39)46(38-20-8-10-22-40(38)47)42-28-29-45-48-36(23-13-24-41(42)48)35-18-11-12-25-44(35)49-45/h1-30H. The van der Waals surface area contributed by atoms with E-state index in [2.05, 4.69) is 176 Å². The van der Waals surface area contributed by atoms with Crippen LogP contribution in [0.1, 0.15) is 0 Å². The van der Waals surface area contributed by atoms with Gasteiger partial charge in [-0.05, 0) is 101 Å². The van der Waals surface area contributed by atoms with Crippen LogP contribution in [0.3, 0.4) is 0 Å². The Bertz CT molecular complexity index is 2670. The molecule has 1 nitrogen and oxygen atoms in total. The van der Waals surface area contributed by atoms with E-state index in [4.69, 9.17) is 4.74 Å². The van der Waals surface area contributed by atoms with E-state index in [1.54, 1.807) is 0 Å². The van der Waals surface area contributed by atoms with Crippen molar-refractivity contribution in [1.82, 2.24) is 0 Å². The van der Waals surface area contributed by atoms with Crippen LogP contribution in [0.15, 0.2) is 182 Å². The van der Waals surface area contributed by atoms with Crippen LogP contribution in [0.2, 0.25) is 0 Å². The van der Waals surface area contributed by atoms with E-state index in [0.29, 0.717) is 0 Å². The smallest absolute Gasteiger partial charge is 0.135 e.